The third-order valence-corrected chi connectivity index (χ3v) is 8.08. The zero-order valence-electron chi connectivity index (χ0n) is 18.1. The molecule has 2 saturated carbocycles. The first-order valence-electron chi connectivity index (χ1n) is 11.2. The summed E-state index contributed by atoms with van der Waals surface area (Å²) in [6.45, 7) is -0.181. The first-order chi connectivity index (χ1) is 16.0. The van der Waals surface area contributed by atoms with E-state index in [0.717, 1.165) is 6.42 Å². The number of methoxy groups -OCH3 is 1. The van der Waals surface area contributed by atoms with Crippen LogP contribution in [0.3, 0.4) is 0 Å². The molecule has 6 unspecified atom stereocenters. The van der Waals surface area contributed by atoms with Crippen LogP contribution in [-0.2, 0) is 9.59 Å². The molecular weight excluding hydrogens is 440 g/mol. The molecule has 3 amide bonds. The number of likely N-dealkylation sites (tertiary alicyclic amines) is 1. The highest BCUT2D eigenvalue weighted by Crippen LogP contribution is 2.65. The lowest BCUT2D eigenvalue weighted by atomic mass is 9.63. The van der Waals surface area contributed by atoms with Gasteiger partial charge in [0.1, 0.15) is 12.4 Å². The van der Waals surface area contributed by atoms with Gasteiger partial charge in [0.25, 0.3) is 5.91 Å². The minimum Gasteiger partial charge on any atom is -0.496 e. The third-order valence-electron chi connectivity index (χ3n) is 7.76. The number of nitrogens with zero attached hydrogens (tertiary/aromatic N) is 2. The zero-order chi connectivity index (χ0) is 22.9. The highest BCUT2D eigenvalue weighted by Gasteiger charge is 2.67. The molecule has 7 heteroatoms. The molecule has 2 bridgehead atoms. The number of anilines is 1. The maximum Gasteiger partial charge on any atom is 0.263 e. The van der Waals surface area contributed by atoms with Crippen molar-refractivity contribution in [1.29, 1.82) is 0 Å². The van der Waals surface area contributed by atoms with E-state index in [1.54, 1.807) is 48.5 Å². The number of allylic oxidation sites excluding steroid dienone is 2. The molecule has 7 rings (SSSR count). The number of hydrogen-bond acceptors (Lipinski definition) is 4. The standard InChI is InChI=1S/C26H23ClN2O4/c1-33-21-9-5-2-6-16(21)24(30)28(20-8-4-3-7-19(20)27)13-29-25(31)22-14-10-11-15(18-12-17(14)18)23(22)26(29)32/h2-11,14-15,17-18,22-23H,12-13H2,1H3. The Morgan fingerprint density at radius 1 is 1.00 bits per heavy atom. The van der Waals surface area contributed by atoms with Gasteiger partial charge in [-0.3, -0.25) is 24.2 Å². The quantitative estimate of drug-likeness (QED) is 0.497. The van der Waals surface area contributed by atoms with Crippen LogP contribution >= 0.6 is 11.6 Å². The number of para-hydroxylation sites is 2. The minimum atomic E-state index is -0.389. The van der Waals surface area contributed by atoms with Crippen LogP contribution in [0.5, 0.6) is 5.75 Å². The van der Waals surface area contributed by atoms with Gasteiger partial charge in [0.05, 0.1) is 35.2 Å². The summed E-state index contributed by atoms with van der Waals surface area (Å²) in [5.74, 6) is 0.334. The SMILES string of the molecule is COc1ccccc1C(=O)N(CN1C(=O)C2C3C=CC(C4CC34)C2C1=O)c1ccccc1Cl. The second-order valence-electron chi connectivity index (χ2n) is 9.29. The Balaban J connectivity index is 1.37. The van der Waals surface area contributed by atoms with E-state index in [1.807, 2.05) is 0 Å². The van der Waals surface area contributed by atoms with Crippen molar-refractivity contribution in [2.75, 3.05) is 18.7 Å². The average Bonchev–Trinajstić information content (AvgIpc) is 3.63. The second-order valence-corrected chi connectivity index (χ2v) is 9.69. The largest absolute Gasteiger partial charge is 0.496 e. The maximum absolute atomic E-state index is 13.7. The van der Waals surface area contributed by atoms with Crippen molar-refractivity contribution in [3.8, 4) is 5.75 Å². The summed E-state index contributed by atoms with van der Waals surface area (Å²) in [6.07, 6.45) is 5.38. The summed E-state index contributed by atoms with van der Waals surface area (Å²) in [5, 5.41) is 0.361. The Hall–Kier alpha value is -3.12. The van der Waals surface area contributed by atoms with Crippen molar-refractivity contribution in [2.45, 2.75) is 6.42 Å². The van der Waals surface area contributed by atoms with Gasteiger partial charge in [-0.1, -0.05) is 48.0 Å². The topological polar surface area (TPSA) is 66.9 Å². The predicted molar refractivity (Wildman–Crippen MR) is 123 cm³/mol. The molecule has 2 aromatic carbocycles. The summed E-state index contributed by atoms with van der Waals surface area (Å²) in [7, 11) is 1.50. The van der Waals surface area contributed by atoms with Crippen LogP contribution in [0.25, 0.3) is 0 Å². The summed E-state index contributed by atoms with van der Waals surface area (Å²) in [5.41, 5.74) is 0.772. The molecule has 0 radical (unpaired) electrons. The minimum absolute atomic E-state index is 0.130. The highest BCUT2D eigenvalue weighted by atomic mass is 35.5. The van der Waals surface area contributed by atoms with Gasteiger partial charge in [0.2, 0.25) is 11.8 Å². The normalized spacial score (nSPS) is 30.8. The molecule has 3 fully saturated rings. The van der Waals surface area contributed by atoms with Crippen LogP contribution in [0.1, 0.15) is 16.8 Å². The van der Waals surface area contributed by atoms with Gasteiger partial charge in [0, 0.05) is 0 Å². The molecule has 168 valence electrons. The lowest BCUT2D eigenvalue weighted by Crippen LogP contribution is -2.45. The number of carbonyl (C=O) groups is 3. The Kier molecular flexibility index (Phi) is 4.63. The molecule has 0 N–H and O–H groups in total. The van der Waals surface area contributed by atoms with Crippen molar-refractivity contribution in [1.82, 2.24) is 4.90 Å². The van der Waals surface area contributed by atoms with Gasteiger partial charge in [0.15, 0.2) is 0 Å². The zero-order valence-corrected chi connectivity index (χ0v) is 18.8. The van der Waals surface area contributed by atoms with E-state index in [-0.39, 0.29) is 48.1 Å². The monoisotopic (exact) mass is 462 g/mol. The third kappa shape index (κ3) is 2.97. The van der Waals surface area contributed by atoms with Gasteiger partial charge in [-0.05, 0) is 54.4 Å². The molecule has 33 heavy (non-hydrogen) atoms. The van der Waals surface area contributed by atoms with Crippen LogP contribution in [0.15, 0.2) is 60.7 Å². The van der Waals surface area contributed by atoms with Crippen LogP contribution < -0.4 is 9.64 Å². The number of ether oxygens (including phenoxy) is 1. The molecule has 1 saturated heterocycles. The number of halogens is 1. The highest BCUT2D eigenvalue weighted by molar-refractivity contribution is 6.34. The lowest BCUT2D eigenvalue weighted by Gasteiger charge is -2.37. The Labute approximate surface area is 196 Å². The molecule has 0 spiro atoms. The molecule has 6 nitrogen and oxygen atoms in total. The summed E-state index contributed by atoms with van der Waals surface area (Å²) in [4.78, 5) is 43.4. The van der Waals surface area contributed by atoms with Crippen molar-refractivity contribution < 1.29 is 19.1 Å². The first kappa shape index (κ1) is 20.5. The van der Waals surface area contributed by atoms with Crippen molar-refractivity contribution in [2.24, 2.45) is 35.5 Å². The molecule has 6 atom stereocenters. The molecule has 1 heterocycles. The molecule has 4 aliphatic carbocycles. The predicted octanol–water partition coefficient (Wildman–Crippen LogP) is 4.01. The van der Waals surface area contributed by atoms with E-state index in [9.17, 15) is 14.4 Å². The number of hydrogen-bond donors (Lipinski definition) is 0. The molecule has 1 aliphatic heterocycles. The molecule has 2 aromatic rings. The Bertz CT molecular complexity index is 1170. The fraction of sp³-hybridized carbons (Fsp3) is 0.346. The van der Waals surface area contributed by atoms with Crippen LogP contribution in [-0.4, -0.2) is 36.4 Å². The summed E-state index contributed by atoms with van der Waals surface area (Å²) >= 11 is 6.46. The molecular formula is C26H23ClN2O4. The van der Waals surface area contributed by atoms with Gasteiger partial charge < -0.3 is 4.74 Å². The number of carbonyl (C=O) groups excluding carboxylic acids is 3. The second kappa shape index (κ2) is 7.45. The van der Waals surface area contributed by atoms with Crippen LogP contribution in [0.2, 0.25) is 5.02 Å². The van der Waals surface area contributed by atoms with Gasteiger partial charge in [-0.25, -0.2) is 0 Å². The van der Waals surface area contributed by atoms with Crippen LogP contribution in [0.4, 0.5) is 5.69 Å². The van der Waals surface area contributed by atoms with Crippen LogP contribution in [0, 0.1) is 35.5 Å². The van der Waals surface area contributed by atoms with Gasteiger partial charge >= 0.3 is 0 Å². The van der Waals surface area contributed by atoms with Gasteiger partial charge in [-0.15, -0.1) is 0 Å². The Morgan fingerprint density at radius 2 is 1.61 bits per heavy atom. The number of benzene rings is 2. The number of rotatable bonds is 5. The fourth-order valence-electron chi connectivity index (χ4n) is 6.19. The Morgan fingerprint density at radius 3 is 2.24 bits per heavy atom. The molecule has 0 aromatic heterocycles. The smallest absolute Gasteiger partial charge is 0.263 e. The van der Waals surface area contributed by atoms with Crippen molar-refractivity contribution in [3.05, 3.63) is 71.3 Å². The van der Waals surface area contributed by atoms with Crippen molar-refractivity contribution in [3.63, 3.8) is 0 Å². The van der Waals surface area contributed by atoms with E-state index < -0.39 is 0 Å². The first-order valence-corrected chi connectivity index (χ1v) is 11.6. The average molecular weight is 463 g/mol. The van der Waals surface area contributed by atoms with Crippen molar-refractivity contribution >= 4 is 35.0 Å². The van der Waals surface area contributed by atoms with E-state index >= 15 is 0 Å². The van der Waals surface area contributed by atoms with E-state index in [4.69, 9.17) is 16.3 Å². The maximum atomic E-state index is 13.7. The van der Waals surface area contributed by atoms with E-state index in [0.29, 0.717) is 33.9 Å². The van der Waals surface area contributed by atoms with Gasteiger partial charge in [-0.2, -0.15) is 0 Å². The number of imide groups is 1. The summed E-state index contributed by atoms with van der Waals surface area (Å²) in [6, 6.07) is 13.8. The molecule has 5 aliphatic rings. The summed E-state index contributed by atoms with van der Waals surface area (Å²) < 4.78 is 5.39. The number of amides is 3. The van der Waals surface area contributed by atoms with E-state index in [1.165, 1.54) is 16.9 Å². The van der Waals surface area contributed by atoms with E-state index in [2.05, 4.69) is 12.2 Å². The fourth-order valence-corrected chi connectivity index (χ4v) is 6.42. The lowest BCUT2D eigenvalue weighted by molar-refractivity contribution is -0.140.